The van der Waals surface area contributed by atoms with E-state index in [0.717, 1.165) is 57.5 Å². The summed E-state index contributed by atoms with van der Waals surface area (Å²) in [6, 6.07) is 0.393. The highest BCUT2D eigenvalue weighted by molar-refractivity contribution is 5.97. The molecule has 2 heterocycles. The van der Waals surface area contributed by atoms with Crippen molar-refractivity contribution in [2.45, 2.75) is 65.5 Å². The van der Waals surface area contributed by atoms with Gasteiger partial charge in [0, 0.05) is 31.7 Å². The number of hydrogen-bond acceptors (Lipinski definition) is 5. The molecule has 0 N–H and O–H groups in total. The van der Waals surface area contributed by atoms with Crippen molar-refractivity contribution in [1.29, 1.82) is 0 Å². The summed E-state index contributed by atoms with van der Waals surface area (Å²) in [5.74, 6) is 0.274. The SMILES string of the molecule is CCC(C)OCCOCCN1CCC(n2cc(C(=O)C(C)CC)cn2)CC1. The van der Waals surface area contributed by atoms with Gasteiger partial charge in [0.1, 0.15) is 0 Å². The van der Waals surface area contributed by atoms with Crippen LogP contribution in [0.1, 0.15) is 69.8 Å². The van der Waals surface area contributed by atoms with Crippen LogP contribution in [0.25, 0.3) is 0 Å². The van der Waals surface area contributed by atoms with Gasteiger partial charge in [-0.2, -0.15) is 5.10 Å². The van der Waals surface area contributed by atoms with Crippen LogP contribution in [0.4, 0.5) is 0 Å². The number of ketones is 1. The molecule has 2 unspecified atom stereocenters. The van der Waals surface area contributed by atoms with Gasteiger partial charge in [0.05, 0.1) is 43.7 Å². The molecule has 2 atom stereocenters. The van der Waals surface area contributed by atoms with Gasteiger partial charge in [0.25, 0.3) is 0 Å². The van der Waals surface area contributed by atoms with Crippen molar-refractivity contribution in [2.75, 3.05) is 39.5 Å². The van der Waals surface area contributed by atoms with Crippen molar-refractivity contribution >= 4 is 5.78 Å². The molecule has 1 aliphatic heterocycles. The first-order valence-corrected chi connectivity index (χ1v) is 10.5. The summed E-state index contributed by atoms with van der Waals surface area (Å²) in [6.45, 7) is 13.4. The molecule has 0 aromatic carbocycles. The second-order valence-electron chi connectivity index (χ2n) is 7.66. The minimum Gasteiger partial charge on any atom is -0.378 e. The summed E-state index contributed by atoms with van der Waals surface area (Å²) < 4.78 is 13.3. The van der Waals surface area contributed by atoms with E-state index in [1.165, 1.54) is 0 Å². The topological polar surface area (TPSA) is 56.6 Å². The van der Waals surface area contributed by atoms with Crippen molar-refractivity contribution in [3.05, 3.63) is 18.0 Å². The lowest BCUT2D eigenvalue weighted by Gasteiger charge is -2.31. The van der Waals surface area contributed by atoms with Gasteiger partial charge in [-0.05, 0) is 32.6 Å². The molecular formula is C21H37N3O3. The lowest BCUT2D eigenvalue weighted by molar-refractivity contribution is 0.00466. The van der Waals surface area contributed by atoms with E-state index in [4.69, 9.17) is 9.47 Å². The van der Waals surface area contributed by atoms with Crippen LogP contribution in [-0.2, 0) is 9.47 Å². The number of Topliss-reactive ketones (excluding diaryl/α,β-unsaturated/α-hetero) is 1. The molecule has 1 aromatic rings. The quantitative estimate of drug-likeness (QED) is 0.410. The average molecular weight is 380 g/mol. The van der Waals surface area contributed by atoms with E-state index in [1.54, 1.807) is 6.20 Å². The predicted molar refractivity (Wildman–Crippen MR) is 107 cm³/mol. The Hall–Kier alpha value is -1.24. The third-order valence-electron chi connectivity index (χ3n) is 5.63. The van der Waals surface area contributed by atoms with Crippen molar-refractivity contribution in [2.24, 2.45) is 5.92 Å². The first-order valence-electron chi connectivity index (χ1n) is 10.5. The van der Waals surface area contributed by atoms with Crippen LogP contribution in [0.5, 0.6) is 0 Å². The number of piperidine rings is 1. The highest BCUT2D eigenvalue weighted by Gasteiger charge is 2.22. The predicted octanol–water partition coefficient (Wildman–Crippen LogP) is 3.58. The molecule has 6 nitrogen and oxygen atoms in total. The molecule has 1 aliphatic rings. The molecule has 1 saturated heterocycles. The summed E-state index contributed by atoms with van der Waals surface area (Å²) in [6.07, 6.45) is 8.03. The van der Waals surface area contributed by atoms with Crippen molar-refractivity contribution in [3.63, 3.8) is 0 Å². The van der Waals surface area contributed by atoms with Crippen molar-refractivity contribution in [1.82, 2.24) is 14.7 Å². The van der Waals surface area contributed by atoms with Crippen molar-refractivity contribution < 1.29 is 14.3 Å². The maximum Gasteiger partial charge on any atom is 0.168 e. The smallest absolute Gasteiger partial charge is 0.168 e. The fourth-order valence-corrected chi connectivity index (χ4v) is 3.26. The monoisotopic (exact) mass is 379 g/mol. The Labute approximate surface area is 164 Å². The highest BCUT2D eigenvalue weighted by atomic mass is 16.5. The van der Waals surface area contributed by atoms with Crippen molar-refractivity contribution in [3.8, 4) is 0 Å². The third kappa shape index (κ3) is 7.01. The minimum absolute atomic E-state index is 0.0695. The van der Waals surface area contributed by atoms with Gasteiger partial charge in [-0.25, -0.2) is 0 Å². The Morgan fingerprint density at radius 3 is 2.59 bits per heavy atom. The molecule has 0 amide bonds. The van der Waals surface area contributed by atoms with E-state index in [1.807, 2.05) is 24.7 Å². The maximum atomic E-state index is 12.3. The van der Waals surface area contributed by atoms with Gasteiger partial charge >= 0.3 is 0 Å². The van der Waals surface area contributed by atoms with Crippen LogP contribution >= 0.6 is 0 Å². The number of likely N-dealkylation sites (tertiary alicyclic amines) is 1. The maximum absolute atomic E-state index is 12.3. The standard InChI is InChI=1S/C21H37N3O3/c1-5-17(3)21(25)19-15-22-24(16-19)20-7-9-23(10-8-20)11-12-26-13-14-27-18(4)6-2/h15-18,20H,5-14H2,1-4H3. The molecule has 0 bridgehead atoms. The fourth-order valence-electron chi connectivity index (χ4n) is 3.26. The number of ether oxygens (including phenoxy) is 2. The van der Waals surface area contributed by atoms with E-state index in [2.05, 4.69) is 23.8 Å². The number of hydrogen-bond donors (Lipinski definition) is 0. The van der Waals surface area contributed by atoms with Crippen LogP contribution in [0.3, 0.4) is 0 Å². The lowest BCUT2D eigenvalue weighted by Crippen LogP contribution is -2.37. The van der Waals surface area contributed by atoms with Crippen LogP contribution in [0.15, 0.2) is 12.4 Å². The number of carbonyl (C=O) groups is 1. The summed E-state index contributed by atoms with van der Waals surface area (Å²) in [5, 5.41) is 4.46. The van der Waals surface area contributed by atoms with Gasteiger partial charge in [0.2, 0.25) is 0 Å². The Morgan fingerprint density at radius 2 is 1.93 bits per heavy atom. The fraction of sp³-hybridized carbons (Fsp3) is 0.810. The van der Waals surface area contributed by atoms with E-state index < -0.39 is 0 Å². The molecule has 0 spiro atoms. The zero-order chi connectivity index (χ0) is 19.6. The summed E-state index contributed by atoms with van der Waals surface area (Å²) in [4.78, 5) is 14.7. The van der Waals surface area contributed by atoms with Crippen LogP contribution < -0.4 is 0 Å². The third-order valence-corrected chi connectivity index (χ3v) is 5.63. The van der Waals surface area contributed by atoms with Gasteiger partial charge in [0.15, 0.2) is 5.78 Å². The van der Waals surface area contributed by atoms with Crippen LogP contribution in [0.2, 0.25) is 0 Å². The molecular weight excluding hydrogens is 342 g/mol. The minimum atomic E-state index is 0.0695. The van der Waals surface area contributed by atoms with Gasteiger partial charge in [-0.1, -0.05) is 20.8 Å². The molecule has 154 valence electrons. The number of carbonyl (C=O) groups excluding carboxylic acids is 1. The zero-order valence-electron chi connectivity index (χ0n) is 17.5. The lowest BCUT2D eigenvalue weighted by atomic mass is 9.99. The average Bonchev–Trinajstić information content (AvgIpc) is 3.19. The normalized spacial score (nSPS) is 18.5. The molecule has 0 aliphatic carbocycles. The number of nitrogens with zero attached hydrogens (tertiary/aromatic N) is 3. The molecule has 0 saturated carbocycles. The van der Waals surface area contributed by atoms with E-state index in [9.17, 15) is 4.79 Å². The van der Waals surface area contributed by atoms with Crippen LogP contribution in [-0.4, -0.2) is 66.0 Å². The van der Waals surface area contributed by atoms with Crippen LogP contribution in [0, 0.1) is 5.92 Å². The first-order chi connectivity index (χ1) is 13.0. The van der Waals surface area contributed by atoms with Gasteiger partial charge in [-0.3, -0.25) is 9.48 Å². The molecule has 1 fully saturated rings. The summed E-state index contributed by atoms with van der Waals surface area (Å²) >= 11 is 0. The van der Waals surface area contributed by atoms with Gasteiger partial charge in [-0.15, -0.1) is 0 Å². The van der Waals surface area contributed by atoms with E-state index >= 15 is 0 Å². The molecule has 2 rings (SSSR count). The Balaban J connectivity index is 1.64. The van der Waals surface area contributed by atoms with E-state index in [-0.39, 0.29) is 11.7 Å². The summed E-state index contributed by atoms with van der Waals surface area (Å²) in [5.41, 5.74) is 0.750. The Morgan fingerprint density at radius 1 is 1.19 bits per heavy atom. The molecule has 0 radical (unpaired) electrons. The molecule has 1 aromatic heterocycles. The second-order valence-corrected chi connectivity index (χ2v) is 7.66. The summed E-state index contributed by atoms with van der Waals surface area (Å²) in [7, 11) is 0. The molecule has 6 heteroatoms. The Kier molecular flexibility index (Phi) is 9.45. The highest BCUT2D eigenvalue weighted by Crippen LogP contribution is 2.22. The second kappa shape index (κ2) is 11.6. The Bertz CT molecular complexity index is 553. The molecule has 27 heavy (non-hydrogen) atoms. The number of aromatic nitrogens is 2. The zero-order valence-corrected chi connectivity index (χ0v) is 17.5. The van der Waals surface area contributed by atoms with Gasteiger partial charge < -0.3 is 14.4 Å². The number of rotatable bonds is 12. The largest absolute Gasteiger partial charge is 0.378 e. The first kappa shape index (κ1) is 22.1. The van der Waals surface area contributed by atoms with E-state index in [0.29, 0.717) is 25.4 Å².